The van der Waals surface area contributed by atoms with Crippen LogP contribution in [0.25, 0.3) is 0 Å². The molecule has 2 heterocycles. The van der Waals surface area contributed by atoms with E-state index in [9.17, 15) is 9.59 Å². The Morgan fingerprint density at radius 2 is 1.88 bits per heavy atom. The Labute approximate surface area is 159 Å². The van der Waals surface area contributed by atoms with E-state index in [0.29, 0.717) is 12.8 Å². The van der Waals surface area contributed by atoms with E-state index in [0.717, 1.165) is 37.8 Å². The van der Waals surface area contributed by atoms with Gasteiger partial charge in [0.05, 0.1) is 6.04 Å². The quantitative estimate of drug-likeness (QED) is 0.701. The van der Waals surface area contributed by atoms with Crippen LogP contribution in [0.5, 0.6) is 0 Å². The molecule has 0 bridgehead atoms. The molecule has 1 aliphatic carbocycles. The Hall–Kier alpha value is -1.94. The number of rotatable bonds is 5. The van der Waals surface area contributed by atoms with Gasteiger partial charge in [0.2, 0.25) is 5.91 Å². The summed E-state index contributed by atoms with van der Waals surface area (Å²) in [5.41, 5.74) is 3.49. The van der Waals surface area contributed by atoms with Crippen LogP contribution in [0.4, 0.5) is 0 Å². The maximum absolute atomic E-state index is 12.7. The van der Waals surface area contributed by atoms with E-state index in [1.165, 1.54) is 28.8 Å². The largest absolute Gasteiger partial charge is 0.335 e. The third kappa shape index (κ3) is 3.61. The van der Waals surface area contributed by atoms with Gasteiger partial charge in [-0.3, -0.25) is 9.59 Å². The minimum absolute atomic E-state index is 0.0959. The number of likely N-dealkylation sites (tertiary alicyclic amines) is 1. The van der Waals surface area contributed by atoms with E-state index in [1.54, 1.807) is 11.3 Å². The number of carbonyl (C=O) groups excluding carboxylic acids is 2. The highest BCUT2D eigenvalue weighted by Crippen LogP contribution is 2.35. The molecule has 26 heavy (non-hydrogen) atoms. The second kappa shape index (κ2) is 7.75. The first-order valence-electron chi connectivity index (χ1n) is 9.70. The third-order valence-corrected chi connectivity index (χ3v) is 6.65. The lowest BCUT2D eigenvalue weighted by Gasteiger charge is -2.24. The number of hydrogen-bond acceptors (Lipinski definition) is 3. The molecule has 2 aromatic rings. The molecule has 1 fully saturated rings. The zero-order valence-corrected chi connectivity index (χ0v) is 15.9. The van der Waals surface area contributed by atoms with Crippen molar-refractivity contribution in [3.05, 3.63) is 57.3 Å². The van der Waals surface area contributed by atoms with Crippen molar-refractivity contribution < 1.29 is 9.59 Å². The molecule has 1 unspecified atom stereocenters. The second-order valence-electron chi connectivity index (χ2n) is 7.37. The maximum atomic E-state index is 12.7. The van der Waals surface area contributed by atoms with Crippen molar-refractivity contribution in [1.29, 1.82) is 0 Å². The molecule has 1 aromatic carbocycles. The lowest BCUT2D eigenvalue weighted by molar-refractivity contribution is -0.132. The fraction of sp³-hybridized carbons (Fsp3) is 0.455. The Morgan fingerprint density at radius 3 is 2.69 bits per heavy atom. The zero-order valence-electron chi connectivity index (χ0n) is 15.1. The van der Waals surface area contributed by atoms with Gasteiger partial charge in [-0.05, 0) is 67.2 Å². The highest BCUT2D eigenvalue weighted by molar-refractivity contribution is 7.10. The first-order valence-corrected chi connectivity index (χ1v) is 10.6. The van der Waals surface area contributed by atoms with Crippen LogP contribution in [0.2, 0.25) is 0 Å². The van der Waals surface area contributed by atoms with Crippen LogP contribution in [-0.4, -0.2) is 23.1 Å². The summed E-state index contributed by atoms with van der Waals surface area (Å²) in [6.45, 7) is 0.814. The van der Waals surface area contributed by atoms with Crippen LogP contribution in [0.3, 0.4) is 0 Å². The molecule has 3 nitrogen and oxygen atoms in total. The standard InChI is InChI=1S/C22H25NO2S/c24-20(18-10-9-16-5-1-2-6-17(16)15-18)11-12-22(25)23-13-3-7-19(23)21-8-4-14-26-21/h4,8-10,14-15,19H,1-3,5-7,11-13H2. The molecule has 4 heteroatoms. The molecule has 2 aliphatic rings. The molecule has 1 aromatic heterocycles. The van der Waals surface area contributed by atoms with Gasteiger partial charge < -0.3 is 4.90 Å². The molecular weight excluding hydrogens is 342 g/mol. The summed E-state index contributed by atoms with van der Waals surface area (Å²) in [6.07, 6.45) is 7.37. The van der Waals surface area contributed by atoms with Crippen molar-refractivity contribution in [2.45, 2.75) is 57.4 Å². The Bertz CT molecular complexity index is 796. The van der Waals surface area contributed by atoms with Crippen molar-refractivity contribution >= 4 is 23.0 Å². The number of amides is 1. The van der Waals surface area contributed by atoms with Crippen molar-refractivity contribution in [3.8, 4) is 0 Å². The van der Waals surface area contributed by atoms with Crippen molar-refractivity contribution in [2.75, 3.05) is 6.54 Å². The lowest BCUT2D eigenvalue weighted by Crippen LogP contribution is -2.30. The molecule has 4 rings (SSSR count). The van der Waals surface area contributed by atoms with Gasteiger partial charge in [-0.1, -0.05) is 18.2 Å². The number of ketones is 1. The molecule has 0 saturated carbocycles. The predicted molar refractivity (Wildman–Crippen MR) is 105 cm³/mol. The van der Waals surface area contributed by atoms with Gasteiger partial charge in [0.25, 0.3) is 0 Å². The van der Waals surface area contributed by atoms with Crippen LogP contribution in [0.1, 0.15) is 70.9 Å². The SMILES string of the molecule is O=C(CCC(=O)N1CCCC1c1cccs1)c1ccc2c(c1)CCCC2. The minimum atomic E-state index is 0.0959. The average Bonchev–Trinajstić information content (AvgIpc) is 3.36. The van der Waals surface area contributed by atoms with Gasteiger partial charge in [0, 0.05) is 29.8 Å². The molecule has 0 spiro atoms. The van der Waals surface area contributed by atoms with Crippen LogP contribution >= 0.6 is 11.3 Å². The van der Waals surface area contributed by atoms with E-state index < -0.39 is 0 Å². The molecule has 1 saturated heterocycles. The normalized spacial score (nSPS) is 19.4. The summed E-state index contributed by atoms with van der Waals surface area (Å²) in [4.78, 5) is 28.5. The number of hydrogen-bond donors (Lipinski definition) is 0. The van der Waals surface area contributed by atoms with Gasteiger partial charge in [-0.25, -0.2) is 0 Å². The van der Waals surface area contributed by atoms with Crippen molar-refractivity contribution in [2.24, 2.45) is 0 Å². The topological polar surface area (TPSA) is 37.4 Å². The first-order chi connectivity index (χ1) is 12.7. The maximum Gasteiger partial charge on any atom is 0.223 e. The highest BCUT2D eigenvalue weighted by atomic mass is 32.1. The van der Waals surface area contributed by atoms with Gasteiger partial charge in [0.1, 0.15) is 0 Å². The smallest absolute Gasteiger partial charge is 0.223 e. The minimum Gasteiger partial charge on any atom is -0.335 e. The number of fused-ring (bicyclic) bond motifs is 1. The number of benzene rings is 1. The van der Waals surface area contributed by atoms with Gasteiger partial charge in [-0.2, -0.15) is 0 Å². The Morgan fingerprint density at radius 1 is 1.04 bits per heavy atom. The van der Waals surface area contributed by atoms with Crippen LogP contribution in [-0.2, 0) is 17.6 Å². The summed E-state index contributed by atoms with van der Waals surface area (Å²) >= 11 is 1.71. The van der Waals surface area contributed by atoms with Gasteiger partial charge in [0.15, 0.2) is 5.78 Å². The first kappa shape index (κ1) is 17.5. The highest BCUT2D eigenvalue weighted by Gasteiger charge is 2.30. The predicted octanol–water partition coefficient (Wildman–Crippen LogP) is 4.95. The molecule has 1 amide bonds. The lowest BCUT2D eigenvalue weighted by atomic mass is 9.89. The Kier molecular flexibility index (Phi) is 5.21. The zero-order chi connectivity index (χ0) is 17.9. The fourth-order valence-corrected chi connectivity index (χ4v) is 5.13. The average molecular weight is 368 g/mol. The number of aryl methyl sites for hydroxylation is 2. The second-order valence-corrected chi connectivity index (χ2v) is 8.35. The monoisotopic (exact) mass is 367 g/mol. The summed E-state index contributed by atoms with van der Waals surface area (Å²) < 4.78 is 0. The summed E-state index contributed by atoms with van der Waals surface area (Å²) in [5.74, 6) is 0.214. The van der Waals surface area contributed by atoms with E-state index >= 15 is 0 Å². The van der Waals surface area contributed by atoms with Gasteiger partial charge >= 0.3 is 0 Å². The molecule has 0 N–H and O–H groups in total. The van der Waals surface area contributed by atoms with E-state index in [-0.39, 0.29) is 17.7 Å². The Balaban J connectivity index is 1.37. The van der Waals surface area contributed by atoms with Crippen molar-refractivity contribution in [1.82, 2.24) is 4.90 Å². The van der Waals surface area contributed by atoms with Crippen molar-refractivity contribution in [3.63, 3.8) is 0 Å². The summed E-state index contributed by atoms with van der Waals surface area (Å²) in [7, 11) is 0. The van der Waals surface area contributed by atoms with E-state index in [4.69, 9.17) is 0 Å². The molecule has 0 radical (unpaired) electrons. The third-order valence-electron chi connectivity index (χ3n) is 5.68. The number of nitrogens with zero attached hydrogens (tertiary/aromatic N) is 1. The fourth-order valence-electron chi connectivity index (χ4n) is 4.26. The van der Waals surface area contributed by atoms with Crippen LogP contribution < -0.4 is 0 Å². The number of thiophene rings is 1. The number of Topliss-reactive ketones (excluding diaryl/α,β-unsaturated/α-hetero) is 1. The molecule has 136 valence electrons. The number of carbonyl (C=O) groups is 2. The van der Waals surface area contributed by atoms with E-state index in [2.05, 4.69) is 23.6 Å². The summed E-state index contributed by atoms with van der Waals surface area (Å²) in [6, 6.07) is 10.5. The molecular formula is C22H25NO2S. The van der Waals surface area contributed by atoms with Crippen LogP contribution in [0, 0.1) is 0 Å². The van der Waals surface area contributed by atoms with Crippen LogP contribution in [0.15, 0.2) is 35.7 Å². The molecule has 1 atom stereocenters. The summed E-state index contributed by atoms with van der Waals surface area (Å²) in [5, 5.41) is 2.07. The van der Waals surface area contributed by atoms with Gasteiger partial charge in [-0.15, -0.1) is 11.3 Å². The molecule has 1 aliphatic heterocycles. The van der Waals surface area contributed by atoms with E-state index in [1.807, 2.05) is 17.0 Å².